The molecule has 5 nitrogen and oxygen atoms in total. The number of thiazole rings is 1. The summed E-state index contributed by atoms with van der Waals surface area (Å²) in [4.78, 5) is 17.0. The number of aryl methyl sites for hydroxylation is 2. The SMILES string of the molecule is Cc1nc(C)c(CC(=O)NC2C=CS(=O)(=O)C2)s1. The molecule has 2 rings (SSSR count). The molecule has 0 spiro atoms. The van der Waals surface area contributed by atoms with Crippen LogP contribution in [0.1, 0.15) is 15.6 Å². The Morgan fingerprint density at radius 2 is 2.28 bits per heavy atom. The van der Waals surface area contributed by atoms with Gasteiger partial charge >= 0.3 is 0 Å². The van der Waals surface area contributed by atoms with Gasteiger partial charge in [-0.25, -0.2) is 13.4 Å². The lowest BCUT2D eigenvalue weighted by Crippen LogP contribution is -2.36. The van der Waals surface area contributed by atoms with Crippen molar-refractivity contribution in [1.82, 2.24) is 10.3 Å². The minimum atomic E-state index is -3.12. The highest BCUT2D eigenvalue weighted by Crippen LogP contribution is 2.17. The first-order valence-electron chi connectivity index (χ1n) is 5.49. The van der Waals surface area contributed by atoms with Crippen LogP contribution in [0.5, 0.6) is 0 Å². The maximum atomic E-state index is 11.8. The molecule has 1 aromatic rings. The molecule has 0 aromatic carbocycles. The van der Waals surface area contributed by atoms with Crippen molar-refractivity contribution in [2.45, 2.75) is 26.3 Å². The Labute approximate surface area is 110 Å². The van der Waals surface area contributed by atoms with Gasteiger partial charge in [-0.15, -0.1) is 11.3 Å². The first-order valence-corrected chi connectivity index (χ1v) is 8.02. The summed E-state index contributed by atoms with van der Waals surface area (Å²) in [5.41, 5.74) is 0.863. The lowest BCUT2D eigenvalue weighted by Gasteiger charge is -2.09. The van der Waals surface area contributed by atoms with Crippen LogP contribution in [0.2, 0.25) is 0 Å². The molecule has 1 unspecified atom stereocenters. The monoisotopic (exact) mass is 286 g/mol. The maximum absolute atomic E-state index is 11.8. The molecule has 1 aliphatic heterocycles. The normalized spacial score (nSPS) is 21.1. The minimum Gasteiger partial charge on any atom is -0.349 e. The molecule has 1 atom stereocenters. The van der Waals surface area contributed by atoms with Crippen molar-refractivity contribution in [3.8, 4) is 0 Å². The summed E-state index contributed by atoms with van der Waals surface area (Å²) in [5, 5.41) is 4.78. The van der Waals surface area contributed by atoms with Crippen molar-refractivity contribution in [2.24, 2.45) is 0 Å². The van der Waals surface area contributed by atoms with Gasteiger partial charge in [0.1, 0.15) is 0 Å². The van der Waals surface area contributed by atoms with Gasteiger partial charge in [-0.2, -0.15) is 0 Å². The summed E-state index contributed by atoms with van der Waals surface area (Å²) >= 11 is 1.49. The number of nitrogens with zero attached hydrogens (tertiary/aromatic N) is 1. The fraction of sp³-hybridized carbons (Fsp3) is 0.455. The smallest absolute Gasteiger partial charge is 0.225 e. The van der Waals surface area contributed by atoms with Gasteiger partial charge in [-0.3, -0.25) is 4.79 Å². The van der Waals surface area contributed by atoms with Gasteiger partial charge in [-0.1, -0.05) is 0 Å². The highest BCUT2D eigenvalue weighted by Gasteiger charge is 2.23. The maximum Gasteiger partial charge on any atom is 0.225 e. The van der Waals surface area contributed by atoms with E-state index in [0.29, 0.717) is 0 Å². The van der Waals surface area contributed by atoms with E-state index in [-0.39, 0.29) is 18.1 Å². The van der Waals surface area contributed by atoms with Crippen LogP contribution < -0.4 is 5.32 Å². The summed E-state index contributed by atoms with van der Waals surface area (Å²) in [6.45, 7) is 3.76. The first kappa shape index (κ1) is 13.2. The van der Waals surface area contributed by atoms with E-state index in [4.69, 9.17) is 0 Å². The summed E-state index contributed by atoms with van der Waals surface area (Å²) < 4.78 is 22.4. The zero-order valence-electron chi connectivity index (χ0n) is 10.1. The number of sulfone groups is 1. The second-order valence-electron chi connectivity index (χ2n) is 4.25. The molecule has 0 saturated carbocycles. The molecule has 18 heavy (non-hydrogen) atoms. The average Bonchev–Trinajstić information content (AvgIpc) is 2.70. The van der Waals surface area contributed by atoms with Gasteiger partial charge in [0.25, 0.3) is 0 Å². The molecule has 1 aromatic heterocycles. The largest absolute Gasteiger partial charge is 0.349 e. The third-order valence-electron chi connectivity index (χ3n) is 2.60. The molecule has 1 amide bonds. The number of hydrogen-bond donors (Lipinski definition) is 1. The van der Waals surface area contributed by atoms with Crippen LogP contribution in [0, 0.1) is 13.8 Å². The van der Waals surface area contributed by atoms with Crippen LogP contribution in [0.15, 0.2) is 11.5 Å². The second kappa shape index (κ2) is 4.81. The zero-order valence-corrected chi connectivity index (χ0v) is 11.8. The quantitative estimate of drug-likeness (QED) is 0.888. The molecular weight excluding hydrogens is 272 g/mol. The number of amides is 1. The van der Waals surface area contributed by atoms with Gasteiger partial charge in [0.05, 0.1) is 28.9 Å². The molecule has 1 N–H and O–H groups in total. The highest BCUT2D eigenvalue weighted by molar-refractivity contribution is 7.94. The fourth-order valence-corrected chi connectivity index (χ4v) is 3.98. The number of aromatic nitrogens is 1. The Morgan fingerprint density at radius 1 is 1.56 bits per heavy atom. The van der Waals surface area contributed by atoms with Crippen molar-refractivity contribution in [3.63, 3.8) is 0 Å². The number of nitrogens with one attached hydrogen (secondary N) is 1. The predicted molar refractivity (Wildman–Crippen MR) is 70.1 cm³/mol. The summed E-state index contributed by atoms with van der Waals surface area (Å²) in [6, 6.07) is -0.406. The van der Waals surface area contributed by atoms with Crippen LogP contribution in [-0.2, 0) is 21.1 Å². The Balaban J connectivity index is 1.94. The summed E-state index contributed by atoms with van der Waals surface area (Å²) in [5.74, 6) is -0.215. The Hall–Kier alpha value is -1.21. The van der Waals surface area contributed by atoms with Crippen LogP contribution in [0.25, 0.3) is 0 Å². The Morgan fingerprint density at radius 3 is 2.78 bits per heavy atom. The molecule has 0 aliphatic carbocycles. The minimum absolute atomic E-state index is 0.0422. The van der Waals surface area contributed by atoms with Gasteiger partial charge in [0.15, 0.2) is 9.84 Å². The number of carbonyl (C=O) groups is 1. The van der Waals surface area contributed by atoms with Gasteiger partial charge in [-0.05, 0) is 19.9 Å². The van der Waals surface area contributed by atoms with Crippen LogP contribution >= 0.6 is 11.3 Å². The van der Waals surface area contributed by atoms with Crippen LogP contribution in [-0.4, -0.2) is 31.1 Å². The lowest BCUT2D eigenvalue weighted by molar-refractivity contribution is -0.120. The Bertz CT molecular complexity index is 602. The van der Waals surface area contributed by atoms with E-state index < -0.39 is 15.9 Å². The van der Waals surface area contributed by atoms with E-state index in [1.54, 1.807) is 0 Å². The van der Waals surface area contributed by atoms with Gasteiger partial charge < -0.3 is 5.32 Å². The summed E-state index contributed by atoms with van der Waals surface area (Å²) in [6.07, 6.45) is 1.76. The van der Waals surface area contributed by atoms with Crippen molar-refractivity contribution in [1.29, 1.82) is 0 Å². The molecule has 1 aliphatic rings. The molecule has 0 radical (unpaired) electrons. The topological polar surface area (TPSA) is 76.1 Å². The van der Waals surface area contributed by atoms with E-state index in [1.807, 2.05) is 13.8 Å². The molecular formula is C11H14N2O3S2. The zero-order chi connectivity index (χ0) is 13.3. The average molecular weight is 286 g/mol. The van der Waals surface area contributed by atoms with E-state index in [9.17, 15) is 13.2 Å². The molecule has 0 bridgehead atoms. The standard InChI is InChI=1S/C11H14N2O3S2/c1-7-10(17-8(2)12-7)5-11(14)13-9-3-4-18(15,16)6-9/h3-4,9H,5-6H2,1-2H3,(H,13,14). The van der Waals surface area contributed by atoms with Crippen molar-refractivity contribution < 1.29 is 13.2 Å². The van der Waals surface area contributed by atoms with Gasteiger partial charge in [0.2, 0.25) is 5.91 Å². The molecule has 2 heterocycles. The predicted octanol–water partition coefficient (Wildman–Crippen LogP) is 0.729. The number of hydrogen-bond acceptors (Lipinski definition) is 5. The van der Waals surface area contributed by atoms with E-state index in [0.717, 1.165) is 21.0 Å². The molecule has 0 saturated heterocycles. The van der Waals surface area contributed by atoms with E-state index >= 15 is 0 Å². The fourth-order valence-electron chi connectivity index (χ4n) is 1.81. The number of rotatable bonds is 3. The van der Waals surface area contributed by atoms with Crippen LogP contribution in [0.3, 0.4) is 0 Å². The van der Waals surface area contributed by atoms with Gasteiger partial charge in [0, 0.05) is 10.3 Å². The molecule has 98 valence electrons. The van der Waals surface area contributed by atoms with Crippen molar-refractivity contribution in [2.75, 3.05) is 5.75 Å². The van der Waals surface area contributed by atoms with E-state index in [2.05, 4.69) is 10.3 Å². The van der Waals surface area contributed by atoms with Crippen LogP contribution in [0.4, 0.5) is 0 Å². The van der Waals surface area contributed by atoms with Crippen molar-refractivity contribution in [3.05, 3.63) is 27.1 Å². The van der Waals surface area contributed by atoms with Crippen molar-refractivity contribution >= 4 is 27.1 Å². The first-order chi connectivity index (χ1) is 8.35. The molecule has 7 heteroatoms. The summed E-state index contributed by atoms with van der Waals surface area (Å²) in [7, 11) is -3.12. The van der Waals surface area contributed by atoms with E-state index in [1.165, 1.54) is 17.4 Å². The second-order valence-corrected chi connectivity index (χ2v) is 7.47. The molecule has 0 fully saturated rings. The Kier molecular flexibility index (Phi) is 3.54. The lowest BCUT2D eigenvalue weighted by atomic mass is 10.2. The third-order valence-corrected chi connectivity index (χ3v) is 5.07. The third kappa shape index (κ3) is 3.17. The highest BCUT2D eigenvalue weighted by atomic mass is 32.2. The number of carbonyl (C=O) groups excluding carboxylic acids is 1.